The maximum absolute atomic E-state index is 14.5. The number of sulfonamides is 1. The Balaban J connectivity index is 1.78. The van der Waals surface area contributed by atoms with Crippen LogP contribution in [0.25, 0.3) is 0 Å². The fourth-order valence-corrected chi connectivity index (χ4v) is 7.23. The van der Waals surface area contributed by atoms with Crippen LogP contribution < -0.4 is 19.1 Å². The van der Waals surface area contributed by atoms with Crippen molar-refractivity contribution in [2.45, 2.75) is 75.9 Å². The number of carbonyl (C=O) groups is 2. The molecule has 242 valence electrons. The number of halogens is 1. The molecule has 0 saturated heterocycles. The van der Waals surface area contributed by atoms with Crippen molar-refractivity contribution < 1.29 is 27.5 Å². The molecule has 0 bridgehead atoms. The van der Waals surface area contributed by atoms with E-state index < -0.39 is 28.5 Å². The Labute approximate surface area is 271 Å². The molecule has 9 nitrogen and oxygen atoms in total. The molecule has 0 unspecified atom stereocenters. The summed E-state index contributed by atoms with van der Waals surface area (Å²) in [5.41, 5.74) is 1.66. The van der Waals surface area contributed by atoms with Crippen molar-refractivity contribution in [2.24, 2.45) is 0 Å². The van der Waals surface area contributed by atoms with E-state index in [4.69, 9.17) is 21.1 Å². The van der Waals surface area contributed by atoms with E-state index in [1.165, 1.54) is 37.3 Å². The lowest BCUT2D eigenvalue weighted by atomic mass is 9.95. The predicted molar refractivity (Wildman–Crippen MR) is 176 cm³/mol. The quantitative estimate of drug-likeness (QED) is 0.238. The van der Waals surface area contributed by atoms with Crippen LogP contribution in [-0.4, -0.2) is 58.0 Å². The minimum absolute atomic E-state index is 0.00510. The van der Waals surface area contributed by atoms with Crippen LogP contribution in [0.1, 0.15) is 56.6 Å². The highest BCUT2D eigenvalue weighted by Gasteiger charge is 2.36. The van der Waals surface area contributed by atoms with Gasteiger partial charge in [0.1, 0.15) is 24.1 Å². The molecule has 0 radical (unpaired) electrons. The van der Waals surface area contributed by atoms with Crippen LogP contribution in [-0.2, 0) is 26.2 Å². The maximum atomic E-state index is 14.5. The van der Waals surface area contributed by atoms with Gasteiger partial charge in [0.15, 0.2) is 0 Å². The van der Waals surface area contributed by atoms with Crippen LogP contribution in [0.3, 0.4) is 0 Å². The maximum Gasteiger partial charge on any atom is 0.264 e. The fraction of sp³-hybridized carbons (Fsp3) is 0.412. The number of benzene rings is 3. The Morgan fingerprint density at radius 2 is 1.67 bits per heavy atom. The summed E-state index contributed by atoms with van der Waals surface area (Å²) in [6.45, 7) is 3.11. The van der Waals surface area contributed by atoms with Gasteiger partial charge in [0.25, 0.3) is 10.0 Å². The number of ether oxygens (including phenoxy) is 2. The molecule has 0 heterocycles. The van der Waals surface area contributed by atoms with Gasteiger partial charge < -0.3 is 19.7 Å². The first-order valence-electron chi connectivity index (χ1n) is 15.2. The zero-order valence-electron chi connectivity index (χ0n) is 26.3. The Kier molecular flexibility index (Phi) is 11.7. The highest BCUT2D eigenvalue weighted by atomic mass is 35.5. The molecule has 1 aliphatic carbocycles. The molecule has 1 atom stereocenters. The van der Waals surface area contributed by atoms with Gasteiger partial charge in [-0.2, -0.15) is 0 Å². The number of aryl methyl sites for hydroxylation is 1. The lowest BCUT2D eigenvalue weighted by Gasteiger charge is -2.35. The van der Waals surface area contributed by atoms with Crippen LogP contribution in [0.15, 0.2) is 71.6 Å². The lowest BCUT2D eigenvalue weighted by molar-refractivity contribution is -0.140. The SMILES string of the molecule is CC[C@H](C(=O)NC1CCCCC1)N(Cc1ccccc1Cl)C(=O)CN(c1cc(OC)ccc1OC)S(=O)(=O)c1ccc(C)cc1. The molecule has 1 N–H and O–H groups in total. The van der Waals surface area contributed by atoms with E-state index in [2.05, 4.69) is 5.32 Å². The van der Waals surface area contributed by atoms with E-state index in [9.17, 15) is 18.0 Å². The Morgan fingerprint density at radius 3 is 2.29 bits per heavy atom. The lowest BCUT2D eigenvalue weighted by Crippen LogP contribution is -2.54. The van der Waals surface area contributed by atoms with Crippen molar-refractivity contribution in [3.8, 4) is 11.5 Å². The fourth-order valence-electron chi connectivity index (χ4n) is 5.62. The first kappa shape index (κ1) is 34.1. The third-order valence-corrected chi connectivity index (χ3v) is 10.3. The Bertz CT molecular complexity index is 1570. The number of methoxy groups -OCH3 is 2. The molecular formula is C34H42ClN3O6S. The van der Waals surface area contributed by atoms with Crippen LogP contribution in [0.2, 0.25) is 5.02 Å². The summed E-state index contributed by atoms with van der Waals surface area (Å²) >= 11 is 6.52. The number of anilines is 1. The van der Waals surface area contributed by atoms with E-state index in [1.807, 2.05) is 19.9 Å². The summed E-state index contributed by atoms with van der Waals surface area (Å²) in [4.78, 5) is 29.6. The van der Waals surface area contributed by atoms with E-state index in [0.717, 1.165) is 42.0 Å². The van der Waals surface area contributed by atoms with Crippen molar-refractivity contribution >= 4 is 39.1 Å². The van der Waals surface area contributed by atoms with Gasteiger partial charge in [-0.1, -0.05) is 73.7 Å². The molecule has 0 aromatic heterocycles. The second kappa shape index (κ2) is 15.5. The normalized spacial score (nSPS) is 14.3. The van der Waals surface area contributed by atoms with Crippen molar-refractivity contribution in [1.29, 1.82) is 0 Å². The van der Waals surface area contributed by atoms with Gasteiger partial charge in [-0.15, -0.1) is 0 Å². The number of hydrogen-bond donors (Lipinski definition) is 1. The molecule has 1 aliphatic rings. The van der Waals surface area contributed by atoms with E-state index in [1.54, 1.807) is 42.5 Å². The number of nitrogens with zero attached hydrogens (tertiary/aromatic N) is 2. The van der Waals surface area contributed by atoms with E-state index in [0.29, 0.717) is 22.8 Å². The topological polar surface area (TPSA) is 105 Å². The number of hydrogen-bond acceptors (Lipinski definition) is 6. The summed E-state index contributed by atoms with van der Waals surface area (Å²) in [5, 5.41) is 3.59. The van der Waals surface area contributed by atoms with E-state index >= 15 is 0 Å². The second-order valence-corrected chi connectivity index (χ2v) is 13.5. The smallest absolute Gasteiger partial charge is 0.264 e. The van der Waals surface area contributed by atoms with Crippen LogP contribution in [0.5, 0.6) is 11.5 Å². The summed E-state index contributed by atoms with van der Waals surface area (Å²) in [6, 6.07) is 17.4. The standard InChI is InChI=1S/C34H42ClN3O6S/c1-5-30(34(40)36-26-12-7-6-8-13-26)37(22-25-11-9-10-14-29(25)35)33(39)23-38(31-21-27(43-3)17-20-32(31)44-4)45(41,42)28-18-15-24(2)16-19-28/h9-11,14-21,26,30H,5-8,12-13,22-23H2,1-4H3,(H,36,40)/t30-/m1/s1. The second-order valence-electron chi connectivity index (χ2n) is 11.2. The van der Waals surface area contributed by atoms with Gasteiger partial charge >= 0.3 is 0 Å². The van der Waals surface area contributed by atoms with Crippen molar-refractivity contribution in [2.75, 3.05) is 25.1 Å². The highest BCUT2D eigenvalue weighted by Crippen LogP contribution is 2.36. The Morgan fingerprint density at radius 1 is 0.978 bits per heavy atom. The van der Waals surface area contributed by atoms with Gasteiger partial charge in [-0.3, -0.25) is 13.9 Å². The first-order chi connectivity index (χ1) is 21.6. The van der Waals surface area contributed by atoms with Gasteiger partial charge in [-0.05, 0) is 62.1 Å². The van der Waals surface area contributed by atoms with Crippen molar-refractivity contribution in [1.82, 2.24) is 10.2 Å². The monoisotopic (exact) mass is 655 g/mol. The molecule has 3 aromatic rings. The van der Waals surface area contributed by atoms with Crippen molar-refractivity contribution in [3.05, 3.63) is 82.9 Å². The van der Waals surface area contributed by atoms with Gasteiger partial charge in [-0.25, -0.2) is 8.42 Å². The molecule has 3 aromatic carbocycles. The van der Waals surface area contributed by atoms with Gasteiger partial charge in [0.2, 0.25) is 11.8 Å². The molecule has 0 spiro atoms. The largest absolute Gasteiger partial charge is 0.497 e. The molecule has 11 heteroatoms. The number of nitrogens with one attached hydrogen (secondary N) is 1. The van der Waals surface area contributed by atoms with Crippen LogP contribution in [0.4, 0.5) is 5.69 Å². The Hall–Kier alpha value is -3.76. The number of carbonyl (C=O) groups excluding carboxylic acids is 2. The molecule has 4 rings (SSSR count). The zero-order chi connectivity index (χ0) is 32.6. The molecule has 0 aliphatic heterocycles. The van der Waals surface area contributed by atoms with Crippen LogP contribution in [0, 0.1) is 6.92 Å². The van der Waals surface area contributed by atoms with Crippen molar-refractivity contribution in [3.63, 3.8) is 0 Å². The molecule has 45 heavy (non-hydrogen) atoms. The predicted octanol–water partition coefficient (Wildman–Crippen LogP) is 6.12. The zero-order valence-corrected chi connectivity index (χ0v) is 27.9. The average molecular weight is 656 g/mol. The minimum atomic E-state index is -4.29. The van der Waals surface area contributed by atoms with Gasteiger partial charge in [0.05, 0.1) is 24.8 Å². The third-order valence-electron chi connectivity index (χ3n) is 8.18. The summed E-state index contributed by atoms with van der Waals surface area (Å²) in [5.74, 6) is -0.217. The molecule has 2 amide bonds. The first-order valence-corrected chi connectivity index (χ1v) is 17.1. The van der Waals surface area contributed by atoms with Gasteiger partial charge in [0, 0.05) is 23.7 Å². The minimum Gasteiger partial charge on any atom is -0.497 e. The van der Waals surface area contributed by atoms with E-state index in [-0.39, 0.29) is 34.8 Å². The van der Waals surface area contributed by atoms with Crippen LogP contribution >= 0.6 is 11.6 Å². The third kappa shape index (κ3) is 8.29. The summed E-state index contributed by atoms with van der Waals surface area (Å²) < 4.78 is 40.5. The molecular weight excluding hydrogens is 614 g/mol. The highest BCUT2D eigenvalue weighted by molar-refractivity contribution is 7.92. The average Bonchev–Trinajstić information content (AvgIpc) is 3.04. The summed E-state index contributed by atoms with van der Waals surface area (Å²) in [6.07, 6.45) is 5.32. The number of amides is 2. The number of rotatable bonds is 13. The summed E-state index contributed by atoms with van der Waals surface area (Å²) in [7, 11) is -1.39. The molecule has 1 saturated carbocycles. The molecule has 1 fully saturated rings.